The maximum Gasteiger partial charge on any atom is 0.257 e. The molecule has 0 saturated heterocycles. The molecule has 144 valence electrons. The van der Waals surface area contributed by atoms with E-state index in [0.717, 1.165) is 11.8 Å². The Bertz CT molecular complexity index is 1030. The van der Waals surface area contributed by atoms with Crippen LogP contribution in [0.25, 0.3) is 11.1 Å². The van der Waals surface area contributed by atoms with Crippen LogP contribution in [0.2, 0.25) is 0 Å². The van der Waals surface area contributed by atoms with E-state index >= 15 is 0 Å². The van der Waals surface area contributed by atoms with Gasteiger partial charge in [0.15, 0.2) is 11.4 Å². The van der Waals surface area contributed by atoms with Gasteiger partial charge in [0, 0.05) is 19.2 Å². The van der Waals surface area contributed by atoms with Gasteiger partial charge in [0.1, 0.15) is 11.8 Å². The number of rotatable bonds is 8. The highest BCUT2D eigenvalue weighted by Crippen LogP contribution is 2.26. The molecule has 2 aromatic heterocycles. The lowest BCUT2D eigenvalue weighted by Crippen LogP contribution is -2.30. The molecule has 1 aromatic carbocycles. The molecule has 0 radical (unpaired) electrons. The number of anilines is 1. The quantitative estimate of drug-likeness (QED) is 0.563. The van der Waals surface area contributed by atoms with Gasteiger partial charge in [-0.3, -0.25) is 4.79 Å². The van der Waals surface area contributed by atoms with Crippen LogP contribution >= 0.6 is 11.8 Å². The molecule has 0 aliphatic carbocycles. The Hall–Kier alpha value is -2.37. The maximum atomic E-state index is 12.6. The summed E-state index contributed by atoms with van der Waals surface area (Å²) >= 11 is 1.10. The number of nitrogens with one attached hydrogen (secondary N) is 1. The second-order valence-electron chi connectivity index (χ2n) is 5.42. The number of carbonyl (C=O) groups is 1. The highest BCUT2D eigenvalue weighted by Gasteiger charge is 2.22. The summed E-state index contributed by atoms with van der Waals surface area (Å²) in [6.07, 6.45) is 1.35. The van der Waals surface area contributed by atoms with Crippen molar-refractivity contribution in [2.75, 3.05) is 24.2 Å². The fourth-order valence-electron chi connectivity index (χ4n) is 2.40. The van der Waals surface area contributed by atoms with E-state index in [2.05, 4.69) is 20.0 Å². The molecule has 0 saturated carbocycles. The van der Waals surface area contributed by atoms with E-state index in [9.17, 15) is 13.2 Å². The zero-order valence-corrected chi connectivity index (χ0v) is 16.3. The predicted molar refractivity (Wildman–Crippen MR) is 100.0 cm³/mol. The number of benzene rings is 1. The molecule has 1 N–H and O–H groups in total. The molecule has 0 unspecified atom stereocenters. The van der Waals surface area contributed by atoms with Gasteiger partial charge >= 0.3 is 0 Å². The van der Waals surface area contributed by atoms with Crippen molar-refractivity contribution in [1.82, 2.24) is 14.4 Å². The maximum absolute atomic E-state index is 12.6. The number of hydrogen-bond acceptors (Lipinski definition) is 8. The molecule has 27 heavy (non-hydrogen) atoms. The van der Waals surface area contributed by atoms with E-state index in [-0.39, 0.29) is 21.8 Å². The van der Waals surface area contributed by atoms with Gasteiger partial charge < -0.3 is 14.3 Å². The minimum absolute atomic E-state index is 0.0598. The van der Waals surface area contributed by atoms with Gasteiger partial charge in [0.05, 0.1) is 10.6 Å². The average molecular weight is 410 g/mol. The first-order valence-electron chi connectivity index (χ1n) is 8.17. The number of nitrogens with zero attached hydrogens (tertiary/aromatic N) is 3. The number of sulfonamides is 1. The molecular formula is C16H18N4O5S2. The van der Waals surface area contributed by atoms with E-state index in [0.29, 0.717) is 30.0 Å². The molecule has 9 nitrogen and oxygen atoms in total. The molecule has 2 heterocycles. The summed E-state index contributed by atoms with van der Waals surface area (Å²) in [5.41, 5.74) is 0.871. The predicted octanol–water partition coefficient (Wildman–Crippen LogP) is 2.58. The van der Waals surface area contributed by atoms with E-state index < -0.39 is 10.0 Å². The number of fused-ring (bicyclic) bond motifs is 1. The third-order valence-electron chi connectivity index (χ3n) is 3.71. The van der Waals surface area contributed by atoms with Crippen LogP contribution in [-0.4, -0.2) is 47.6 Å². The highest BCUT2D eigenvalue weighted by molar-refractivity contribution is 7.99. The molecule has 0 aliphatic rings. The van der Waals surface area contributed by atoms with Gasteiger partial charge in [-0.15, -0.1) is 0 Å². The summed E-state index contributed by atoms with van der Waals surface area (Å²) in [5.74, 6) is 0.0926. The second kappa shape index (κ2) is 8.11. The highest BCUT2D eigenvalue weighted by atomic mass is 32.2. The molecule has 0 spiro atoms. The number of thioether (sulfide) groups is 1. The summed E-state index contributed by atoms with van der Waals surface area (Å²) < 4.78 is 36.8. The Morgan fingerprint density at radius 3 is 2.70 bits per heavy atom. The van der Waals surface area contributed by atoms with Crippen LogP contribution in [0.5, 0.6) is 0 Å². The largest absolute Gasteiger partial charge is 0.431 e. The van der Waals surface area contributed by atoms with Crippen molar-refractivity contribution in [1.29, 1.82) is 0 Å². The Kier molecular flexibility index (Phi) is 5.82. The lowest BCUT2D eigenvalue weighted by Gasteiger charge is -2.18. The number of aromatic nitrogens is 2. The van der Waals surface area contributed by atoms with Crippen LogP contribution in [0.15, 0.2) is 49.6 Å². The van der Waals surface area contributed by atoms with Crippen molar-refractivity contribution in [3.8, 4) is 0 Å². The number of hydrogen-bond donors (Lipinski definition) is 1. The number of amides is 1. The van der Waals surface area contributed by atoms with Crippen LogP contribution in [0.4, 0.5) is 5.82 Å². The minimum atomic E-state index is -3.57. The SMILES string of the molecule is CCN(CC)S(=O)(=O)c1ccc2oc(SCC(=O)Nc3ccon3)nc2c1. The van der Waals surface area contributed by atoms with Crippen molar-refractivity contribution >= 4 is 44.6 Å². The summed E-state index contributed by atoms with van der Waals surface area (Å²) in [4.78, 5) is 16.3. The van der Waals surface area contributed by atoms with Gasteiger partial charge in [-0.1, -0.05) is 30.8 Å². The summed E-state index contributed by atoms with van der Waals surface area (Å²) in [7, 11) is -3.57. The van der Waals surface area contributed by atoms with E-state index in [1.165, 1.54) is 28.8 Å². The Morgan fingerprint density at radius 2 is 2.04 bits per heavy atom. The van der Waals surface area contributed by atoms with Crippen molar-refractivity contribution in [2.24, 2.45) is 0 Å². The zero-order valence-electron chi connectivity index (χ0n) is 14.7. The summed E-state index contributed by atoms with van der Waals surface area (Å²) in [5, 5.41) is 6.43. The zero-order chi connectivity index (χ0) is 19.4. The molecular weight excluding hydrogens is 392 g/mol. The van der Waals surface area contributed by atoms with Gasteiger partial charge in [-0.05, 0) is 18.2 Å². The van der Waals surface area contributed by atoms with Crippen LogP contribution < -0.4 is 5.32 Å². The van der Waals surface area contributed by atoms with Crippen LogP contribution in [0.3, 0.4) is 0 Å². The molecule has 3 rings (SSSR count). The van der Waals surface area contributed by atoms with E-state index in [1.54, 1.807) is 19.9 Å². The third kappa shape index (κ3) is 4.31. The topological polar surface area (TPSA) is 119 Å². The van der Waals surface area contributed by atoms with Gasteiger partial charge in [-0.25, -0.2) is 13.4 Å². The first-order chi connectivity index (χ1) is 12.9. The molecule has 0 bridgehead atoms. The van der Waals surface area contributed by atoms with Crippen molar-refractivity contribution in [3.63, 3.8) is 0 Å². The Morgan fingerprint density at radius 1 is 1.26 bits per heavy atom. The lowest BCUT2D eigenvalue weighted by atomic mass is 10.3. The number of carbonyl (C=O) groups excluding carboxylic acids is 1. The van der Waals surface area contributed by atoms with Crippen molar-refractivity contribution in [2.45, 2.75) is 24.0 Å². The monoisotopic (exact) mass is 410 g/mol. The van der Waals surface area contributed by atoms with Crippen LogP contribution in [0.1, 0.15) is 13.8 Å². The van der Waals surface area contributed by atoms with Gasteiger partial charge in [0.25, 0.3) is 5.22 Å². The molecule has 11 heteroatoms. The molecule has 0 aliphatic heterocycles. The fourth-order valence-corrected chi connectivity index (χ4v) is 4.52. The van der Waals surface area contributed by atoms with E-state index in [1.807, 2.05) is 0 Å². The molecule has 1 amide bonds. The molecule has 0 fully saturated rings. The first kappa shape index (κ1) is 19.4. The van der Waals surface area contributed by atoms with Crippen LogP contribution in [0, 0.1) is 0 Å². The first-order valence-corrected chi connectivity index (χ1v) is 10.6. The Labute approximate surface area is 160 Å². The molecule has 3 aromatic rings. The Balaban J connectivity index is 1.73. The summed E-state index contributed by atoms with van der Waals surface area (Å²) in [6.45, 7) is 4.35. The normalized spacial score (nSPS) is 12.0. The smallest absolute Gasteiger partial charge is 0.257 e. The van der Waals surface area contributed by atoms with Gasteiger partial charge in [0.2, 0.25) is 15.9 Å². The standard InChI is InChI=1S/C16H18N4O5S2/c1-3-20(4-2)27(22,23)11-5-6-13-12(9-11)17-16(25-13)26-10-15(21)18-14-7-8-24-19-14/h5-9H,3-4,10H2,1-2H3,(H,18,19,21). The number of oxazole rings is 1. The van der Waals surface area contributed by atoms with Crippen molar-refractivity contribution in [3.05, 3.63) is 30.5 Å². The van der Waals surface area contributed by atoms with E-state index in [4.69, 9.17) is 4.42 Å². The van der Waals surface area contributed by atoms with Crippen LogP contribution in [-0.2, 0) is 14.8 Å². The summed E-state index contributed by atoms with van der Waals surface area (Å²) in [6, 6.07) is 6.07. The van der Waals surface area contributed by atoms with Crippen molar-refractivity contribution < 1.29 is 22.2 Å². The molecule has 0 atom stereocenters. The fraction of sp³-hybridized carbons (Fsp3) is 0.312. The second-order valence-corrected chi connectivity index (χ2v) is 8.28. The average Bonchev–Trinajstić information content (AvgIpc) is 3.29. The minimum Gasteiger partial charge on any atom is -0.431 e. The third-order valence-corrected chi connectivity index (χ3v) is 6.59. The van der Waals surface area contributed by atoms with Gasteiger partial charge in [-0.2, -0.15) is 4.31 Å². The lowest BCUT2D eigenvalue weighted by molar-refractivity contribution is -0.113.